The second kappa shape index (κ2) is 6.95. The Morgan fingerprint density at radius 1 is 1.34 bits per heavy atom. The number of nitrogens with one attached hydrogen (secondary N) is 1. The number of nitrogens with zero attached hydrogens (tertiary/aromatic N) is 2. The smallest absolute Gasteiger partial charge is 0.274 e. The number of halogens is 3. The van der Waals surface area contributed by atoms with E-state index < -0.39 is 23.1 Å². The van der Waals surface area contributed by atoms with Crippen LogP contribution in [-0.2, 0) is 5.54 Å². The number of thioether (sulfide) groups is 1. The molecule has 0 bridgehead atoms. The Kier molecular flexibility index (Phi) is 4.82. The predicted octanol–water partition coefficient (Wildman–Crippen LogP) is 4.49. The van der Waals surface area contributed by atoms with E-state index in [-0.39, 0.29) is 34.0 Å². The van der Waals surface area contributed by atoms with Gasteiger partial charge in [0.2, 0.25) is 0 Å². The Labute approximate surface area is 176 Å². The maximum absolute atomic E-state index is 14.8. The molecule has 2 aliphatic rings. The highest BCUT2D eigenvalue weighted by molar-refractivity contribution is 8.14. The average molecular weight is 437 g/mol. The van der Waals surface area contributed by atoms with Crippen LogP contribution in [0.2, 0.25) is 5.02 Å². The van der Waals surface area contributed by atoms with Crippen molar-refractivity contribution in [2.75, 3.05) is 5.32 Å². The van der Waals surface area contributed by atoms with Crippen LogP contribution in [0.15, 0.2) is 29.4 Å². The zero-order chi connectivity index (χ0) is 21.1. The highest BCUT2D eigenvalue weighted by atomic mass is 35.5. The highest BCUT2D eigenvalue weighted by Crippen LogP contribution is 2.61. The summed E-state index contributed by atoms with van der Waals surface area (Å²) in [5, 5.41) is 3.58. The first kappa shape index (κ1) is 20.1. The molecule has 29 heavy (non-hydrogen) atoms. The first-order valence-electron chi connectivity index (χ1n) is 9.07. The van der Waals surface area contributed by atoms with Crippen LogP contribution in [0.1, 0.15) is 35.5 Å². The number of hydrogen-bond donors (Lipinski definition) is 2. The number of fused-ring (bicyclic) bond motifs is 1. The number of carbonyl (C=O) groups excluding carboxylic acids is 1. The minimum Gasteiger partial charge on any atom is -0.379 e. The number of aryl methyl sites for hydroxylation is 1. The van der Waals surface area contributed by atoms with E-state index in [1.807, 2.05) is 6.92 Å². The fourth-order valence-electron chi connectivity index (χ4n) is 4.15. The molecule has 4 rings (SSSR count). The van der Waals surface area contributed by atoms with Crippen molar-refractivity contribution in [1.29, 1.82) is 0 Å². The summed E-state index contributed by atoms with van der Waals surface area (Å²) in [5.74, 6) is -2.26. The molecule has 9 heteroatoms. The lowest BCUT2D eigenvalue weighted by Gasteiger charge is -2.30. The van der Waals surface area contributed by atoms with Crippen molar-refractivity contribution in [3.8, 4) is 0 Å². The number of aliphatic imine (C=N–C) groups is 1. The van der Waals surface area contributed by atoms with Gasteiger partial charge in [0.15, 0.2) is 16.8 Å². The van der Waals surface area contributed by atoms with E-state index in [4.69, 9.17) is 17.3 Å². The molecule has 1 aliphatic heterocycles. The van der Waals surface area contributed by atoms with E-state index in [1.165, 1.54) is 24.0 Å². The second-order valence-electron chi connectivity index (χ2n) is 7.66. The monoisotopic (exact) mass is 436 g/mol. The zero-order valence-electron chi connectivity index (χ0n) is 16.0. The summed E-state index contributed by atoms with van der Waals surface area (Å²) in [5.41, 5.74) is 5.87. The van der Waals surface area contributed by atoms with Gasteiger partial charge in [0.05, 0.1) is 10.6 Å². The van der Waals surface area contributed by atoms with Gasteiger partial charge >= 0.3 is 0 Å². The molecular weight excluding hydrogens is 418 g/mol. The molecular formula is C20H19ClF2N4OS. The molecule has 4 atom stereocenters. The van der Waals surface area contributed by atoms with Crippen LogP contribution < -0.4 is 11.1 Å². The summed E-state index contributed by atoms with van der Waals surface area (Å²) in [6.45, 7) is 5.50. The summed E-state index contributed by atoms with van der Waals surface area (Å²) < 4.78 is 29.2. The van der Waals surface area contributed by atoms with Gasteiger partial charge in [-0.25, -0.2) is 13.8 Å². The molecule has 2 heterocycles. The van der Waals surface area contributed by atoms with Crippen molar-refractivity contribution in [3.63, 3.8) is 0 Å². The molecule has 5 nitrogen and oxygen atoms in total. The molecule has 2 aromatic rings. The molecule has 0 radical (unpaired) electrons. The summed E-state index contributed by atoms with van der Waals surface area (Å²) in [6, 6.07) is 3.98. The number of amidine groups is 1. The fourth-order valence-corrected chi connectivity index (χ4v) is 5.83. The lowest BCUT2D eigenvalue weighted by molar-refractivity contribution is 0.102. The van der Waals surface area contributed by atoms with Crippen LogP contribution >= 0.6 is 23.4 Å². The largest absolute Gasteiger partial charge is 0.379 e. The van der Waals surface area contributed by atoms with Crippen molar-refractivity contribution < 1.29 is 13.6 Å². The molecule has 1 aliphatic carbocycles. The Balaban J connectivity index is 1.71. The maximum Gasteiger partial charge on any atom is 0.274 e. The number of benzene rings is 1. The third-order valence-electron chi connectivity index (χ3n) is 5.64. The van der Waals surface area contributed by atoms with Gasteiger partial charge in [-0.15, -0.1) is 0 Å². The van der Waals surface area contributed by atoms with Gasteiger partial charge in [0, 0.05) is 34.7 Å². The third-order valence-corrected chi connectivity index (χ3v) is 7.17. The van der Waals surface area contributed by atoms with E-state index in [0.29, 0.717) is 15.8 Å². The SMILES string of the molecule is Cc1cc(Cl)cnc1C(=O)Nc1cc(F)c(F)c([C@@]2(C)N=C(N)S[C@H]3[C@@H](C)[C@H]32)c1. The van der Waals surface area contributed by atoms with E-state index in [9.17, 15) is 13.6 Å². The number of amides is 1. The summed E-state index contributed by atoms with van der Waals surface area (Å²) >= 11 is 7.34. The lowest BCUT2D eigenvalue weighted by atomic mass is 9.85. The molecule has 1 saturated carbocycles. The van der Waals surface area contributed by atoms with Crippen molar-refractivity contribution >= 4 is 40.1 Å². The van der Waals surface area contributed by atoms with Crippen LogP contribution in [0.3, 0.4) is 0 Å². The van der Waals surface area contributed by atoms with E-state index in [2.05, 4.69) is 15.3 Å². The predicted molar refractivity (Wildman–Crippen MR) is 111 cm³/mol. The van der Waals surface area contributed by atoms with Gasteiger partial charge in [0.25, 0.3) is 5.91 Å². The molecule has 0 saturated heterocycles. The van der Waals surface area contributed by atoms with Gasteiger partial charge in [-0.1, -0.05) is 30.3 Å². The van der Waals surface area contributed by atoms with Gasteiger partial charge in [-0.3, -0.25) is 9.79 Å². The van der Waals surface area contributed by atoms with Crippen LogP contribution in [0.25, 0.3) is 0 Å². The third kappa shape index (κ3) is 3.38. The topological polar surface area (TPSA) is 80.4 Å². The maximum atomic E-state index is 14.8. The van der Waals surface area contributed by atoms with Crippen LogP contribution in [-0.4, -0.2) is 21.3 Å². The van der Waals surface area contributed by atoms with Crippen molar-refractivity contribution in [1.82, 2.24) is 4.98 Å². The van der Waals surface area contributed by atoms with Crippen molar-refractivity contribution in [2.45, 2.75) is 31.6 Å². The number of pyridine rings is 1. The van der Waals surface area contributed by atoms with Crippen LogP contribution in [0.4, 0.5) is 14.5 Å². The summed E-state index contributed by atoms with van der Waals surface area (Å²) in [4.78, 5) is 21.1. The van der Waals surface area contributed by atoms with E-state index in [1.54, 1.807) is 19.9 Å². The standard InChI is InChI=1S/C20H19ClF2N4OS/c1-8-4-10(21)7-25-16(8)18(28)26-11-5-12(15(23)13(22)6-11)20(3)14-9(2)17(14)29-19(24)27-20/h4-7,9,14,17H,1-3H3,(H2,24,27)(H,26,28)/t9-,14+,17-,20+/m0/s1. The van der Waals surface area contributed by atoms with Gasteiger partial charge in [-0.2, -0.15) is 0 Å². The van der Waals surface area contributed by atoms with Gasteiger partial charge < -0.3 is 11.1 Å². The average Bonchev–Trinajstić information content (AvgIpc) is 3.28. The summed E-state index contributed by atoms with van der Waals surface area (Å²) in [6.07, 6.45) is 1.35. The Hall–Kier alpha value is -2.19. The molecule has 0 unspecified atom stereocenters. The normalized spacial score (nSPS) is 27.8. The molecule has 1 amide bonds. The Morgan fingerprint density at radius 2 is 2.07 bits per heavy atom. The Bertz CT molecular complexity index is 1060. The number of anilines is 1. The molecule has 0 spiro atoms. The van der Waals surface area contributed by atoms with E-state index in [0.717, 1.165) is 6.07 Å². The van der Waals surface area contributed by atoms with Gasteiger partial charge in [0.1, 0.15) is 5.69 Å². The van der Waals surface area contributed by atoms with E-state index >= 15 is 0 Å². The molecule has 1 aromatic carbocycles. The molecule has 1 fully saturated rings. The minimum absolute atomic E-state index is 0.0415. The fraction of sp³-hybridized carbons (Fsp3) is 0.350. The number of aromatic nitrogens is 1. The number of nitrogens with two attached hydrogens (primary N) is 1. The van der Waals surface area contributed by atoms with Crippen molar-refractivity contribution in [3.05, 3.63) is 57.9 Å². The minimum atomic E-state index is -1.06. The number of hydrogen-bond acceptors (Lipinski definition) is 5. The summed E-state index contributed by atoms with van der Waals surface area (Å²) in [7, 11) is 0. The Morgan fingerprint density at radius 3 is 2.76 bits per heavy atom. The number of rotatable bonds is 3. The van der Waals surface area contributed by atoms with Crippen molar-refractivity contribution in [2.24, 2.45) is 22.6 Å². The molecule has 3 N–H and O–H groups in total. The molecule has 1 aromatic heterocycles. The first-order valence-corrected chi connectivity index (χ1v) is 10.3. The van der Waals surface area contributed by atoms with Crippen LogP contribution in [0, 0.1) is 30.4 Å². The first-order chi connectivity index (χ1) is 13.6. The quantitative estimate of drug-likeness (QED) is 0.743. The zero-order valence-corrected chi connectivity index (χ0v) is 17.5. The lowest BCUT2D eigenvalue weighted by Crippen LogP contribution is -2.32. The highest BCUT2D eigenvalue weighted by Gasteiger charge is 2.61. The van der Waals surface area contributed by atoms with Crippen LogP contribution in [0.5, 0.6) is 0 Å². The number of carbonyl (C=O) groups is 1. The second-order valence-corrected chi connectivity index (χ2v) is 9.29. The van der Waals surface area contributed by atoms with Gasteiger partial charge in [-0.05, 0) is 37.5 Å². The molecule has 152 valence electrons.